The Bertz CT molecular complexity index is 1220. The van der Waals surface area contributed by atoms with Crippen molar-refractivity contribution in [1.29, 1.82) is 0 Å². The zero-order chi connectivity index (χ0) is 21.3. The molecule has 0 saturated heterocycles. The maximum absolute atomic E-state index is 13.3. The van der Waals surface area contributed by atoms with E-state index in [2.05, 4.69) is 5.32 Å². The number of ketones is 1. The van der Waals surface area contributed by atoms with E-state index in [1.165, 1.54) is 46.1 Å². The highest BCUT2D eigenvalue weighted by Gasteiger charge is 2.41. The molecule has 0 fully saturated rings. The van der Waals surface area contributed by atoms with E-state index >= 15 is 0 Å². The molecule has 3 aromatic rings. The average molecular weight is 463 g/mol. The van der Waals surface area contributed by atoms with E-state index in [1.807, 2.05) is 12.1 Å². The highest BCUT2D eigenvalue weighted by atomic mass is 35.5. The Morgan fingerprint density at radius 3 is 2.40 bits per heavy atom. The topological polar surface area (TPSA) is 66.5 Å². The molecular formula is C21H16ClFN2O3S2. The van der Waals surface area contributed by atoms with Gasteiger partial charge in [-0.25, -0.2) is 12.8 Å². The molecule has 1 N–H and O–H groups in total. The molecule has 1 aliphatic rings. The minimum absolute atomic E-state index is 0.00580. The number of benzene rings is 2. The Morgan fingerprint density at radius 1 is 1.03 bits per heavy atom. The van der Waals surface area contributed by atoms with Crippen molar-refractivity contribution in [3.05, 3.63) is 97.9 Å². The van der Waals surface area contributed by atoms with Crippen molar-refractivity contribution in [1.82, 2.24) is 5.32 Å². The summed E-state index contributed by atoms with van der Waals surface area (Å²) >= 11 is 7.06. The third kappa shape index (κ3) is 3.98. The van der Waals surface area contributed by atoms with E-state index in [9.17, 15) is 17.6 Å². The highest BCUT2D eigenvalue weighted by molar-refractivity contribution is 7.97. The first-order valence-electron chi connectivity index (χ1n) is 8.93. The van der Waals surface area contributed by atoms with Gasteiger partial charge in [0.15, 0.2) is 4.91 Å². The fourth-order valence-electron chi connectivity index (χ4n) is 3.08. The van der Waals surface area contributed by atoms with Crippen LogP contribution in [0.1, 0.15) is 20.8 Å². The second kappa shape index (κ2) is 8.22. The Morgan fingerprint density at radius 2 is 1.70 bits per heavy atom. The number of halogens is 2. The van der Waals surface area contributed by atoms with Crippen LogP contribution in [0, 0.1) is 5.82 Å². The Kier molecular flexibility index (Phi) is 5.64. The van der Waals surface area contributed by atoms with Crippen LogP contribution in [-0.2, 0) is 23.1 Å². The summed E-state index contributed by atoms with van der Waals surface area (Å²) < 4.78 is 40.9. The van der Waals surface area contributed by atoms with Crippen LogP contribution in [-0.4, -0.2) is 14.2 Å². The number of hydrogen-bond acceptors (Lipinski definition) is 5. The Balaban J connectivity index is 1.65. The fraction of sp³-hybridized carbons (Fsp3) is 0.0952. The van der Waals surface area contributed by atoms with Crippen molar-refractivity contribution in [3.8, 4) is 0 Å². The SMILES string of the molecule is O=C1C(=CNCc2ccc(Cl)cc2)S(=O)(=O)N(Cc2ccc(F)cc2)c2ccsc21. The molecule has 4 rings (SSSR count). The summed E-state index contributed by atoms with van der Waals surface area (Å²) in [4.78, 5) is 12.9. The largest absolute Gasteiger partial charge is 0.386 e. The zero-order valence-corrected chi connectivity index (χ0v) is 17.9. The predicted octanol–water partition coefficient (Wildman–Crippen LogP) is 4.70. The number of Topliss-reactive ketones (excluding diaryl/α,β-unsaturated/α-hetero) is 1. The minimum atomic E-state index is -4.09. The van der Waals surface area contributed by atoms with Gasteiger partial charge in [0, 0.05) is 17.8 Å². The van der Waals surface area contributed by atoms with Gasteiger partial charge in [0.25, 0.3) is 10.0 Å². The molecule has 9 heteroatoms. The van der Waals surface area contributed by atoms with Gasteiger partial charge < -0.3 is 5.32 Å². The number of sulfonamides is 1. The van der Waals surface area contributed by atoms with Crippen LogP contribution >= 0.6 is 22.9 Å². The van der Waals surface area contributed by atoms with Gasteiger partial charge in [0.2, 0.25) is 5.78 Å². The van der Waals surface area contributed by atoms with E-state index < -0.39 is 21.6 Å². The first kappa shape index (κ1) is 20.6. The standard InChI is InChI=1S/C21H16ClFN2O3S2/c22-16-5-1-14(2-6-16)11-24-12-19-20(26)21-18(9-10-29-21)25(30(19,27)28)13-15-3-7-17(23)8-4-15/h1-10,12,24H,11,13H2. The molecule has 5 nitrogen and oxygen atoms in total. The molecule has 154 valence electrons. The van der Waals surface area contributed by atoms with Crippen molar-refractivity contribution >= 4 is 44.4 Å². The summed E-state index contributed by atoms with van der Waals surface area (Å²) in [6.07, 6.45) is 1.24. The minimum Gasteiger partial charge on any atom is -0.386 e. The number of anilines is 1. The third-order valence-corrected chi connectivity index (χ3v) is 7.52. The number of hydrogen-bond donors (Lipinski definition) is 1. The van der Waals surface area contributed by atoms with Crippen molar-refractivity contribution < 1.29 is 17.6 Å². The molecule has 0 unspecified atom stereocenters. The zero-order valence-electron chi connectivity index (χ0n) is 15.5. The lowest BCUT2D eigenvalue weighted by Crippen LogP contribution is -2.38. The fourth-order valence-corrected chi connectivity index (χ4v) is 5.71. The van der Waals surface area contributed by atoms with Gasteiger partial charge in [0.1, 0.15) is 10.7 Å². The number of fused-ring (bicyclic) bond motifs is 1. The molecule has 2 aromatic carbocycles. The van der Waals surface area contributed by atoms with Crippen molar-refractivity contribution in [2.45, 2.75) is 13.1 Å². The molecule has 0 spiro atoms. The number of allylic oxidation sites excluding steroid dienone is 1. The van der Waals surface area contributed by atoms with Crippen LogP contribution in [0.2, 0.25) is 5.02 Å². The van der Waals surface area contributed by atoms with E-state index in [0.29, 0.717) is 27.7 Å². The van der Waals surface area contributed by atoms with Gasteiger partial charge in [-0.1, -0.05) is 35.9 Å². The lowest BCUT2D eigenvalue weighted by atomic mass is 10.2. The molecule has 0 amide bonds. The van der Waals surface area contributed by atoms with E-state index in [1.54, 1.807) is 23.6 Å². The maximum atomic E-state index is 13.3. The average Bonchev–Trinajstić information content (AvgIpc) is 3.20. The number of carbonyl (C=O) groups is 1. The first-order valence-corrected chi connectivity index (χ1v) is 11.6. The summed E-state index contributed by atoms with van der Waals surface area (Å²) in [5.41, 5.74) is 1.83. The third-order valence-electron chi connectivity index (χ3n) is 4.60. The van der Waals surface area contributed by atoms with Crippen LogP contribution in [0.15, 0.2) is 71.1 Å². The van der Waals surface area contributed by atoms with Crippen molar-refractivity contribution in [2.24, 2.45) is 0 Å². The number of nitrogens with zero attached hydrogens (tertiary/aromatic N) is 1. The molecule has 1 aliphatic heterocycles. The van der Waals surface area contributed by atoms with Crippen LogP contribution in [0.4, 0.5) is 10.1 Å². The normalized spacial score (nSPS) is 16.5. The maximum Gasteiger partial charge on any atom is 0.270 e. The summed E-state index contributed by atoms with van der Waals surface area (Å²) in [5.74, 6) is -0.947. The lowest BCUT2D eigenvalue weighted by Gasteiger charge is -2.29. The second-order valence-electron chi connectivity index (χ2n) is 6.62. The molecule has 0 aliphatic carbocycles. The van der Waals surface area contributed by atoms with Gasteiger partial charge in [-0.3, -0.25) is 9.10 Å². The first-order chi connectivity index (χ1) is 14.4. The van der Waals surface area contributed by atoms with Crippen molar-refractivity contribution in [2.75, 3.05) is 4.31 Å². The quantitative estimate of drug-likeness (QED) is 0.558. The van der Waals surface area contributed by atoms with Crippen LogP contribution in [0.25, 0.3) is 0 Å². The molecule has 2 heterocycles. The van der Waals surface area contributed by atoms with E-state index in [4.69, 9.17) is 11.6 Å². The van der Waals surface area contributed by atoms with Crippen LogP contribution in [0.5, 0.6) is 0 Å². The van der Waals surface area contributed by atoms with Crippen molar-refractivity contribution in [3.63, 3.8) is 0 Å². The Labute approximate surface area is 182 Å². The van der Waals surface area contributed by atoms with E-state index in [0.717, 1.165) is 5.56 Å². The van der Waals surface area contributed by atoms with Gasteiger partial charge in [-0.15, -0.1) is 11.3 Å². The summed E-state index contributed by atoms with van der Waals surface area (Å²) in [6, 6.07) is 14.3. The monoisotopic (exact) mass is 462 g/mol. The molecule has 1 aromatic heterocycles. The van der Waals surface area contributed by atoms with E-state index in [-0.39, 0.29) is 11.4 Å². The van der Waals surface area contributed by atoms with Crippen LogP contribution in [0.3, 0.4) is 0 Å². The molecule has 0 bridgehead atoms. The molecule has 30 heavy (non-hydrogen) atoms. The molecule has 0 saturated carbocycles. The van der Waals surface area contributed by atoms with Gasteiger partial charge in [-0.2, -0.15) is 0 Å². The molecular weight excluding hydrogens is 447 g/mol. The molecule has 0 radical (unpaired) electrons. The summed E-state index contributed by atoms with van der Waals surface area (Å²) in [7, 11) is -4.09. The number of thiophene rings is 1. The Hall–Kier alpha value is -2.68. The summed E-state index contributed by atoms with van der Waals surface area (Å²) in [6.45, 7) is 0.326. The van der Waals surface area contributed by atoms with Gasteiger partial charge >= 0.3 is 0 Å². The summed E-state index contributed by atoms with van der Waals surface area (Å²) in [5, 5.41) is 5.20. The number of carbonyl (C=O) groups excluding carboxylic acids is 1. The predicted molar refractivity (Wildman–Crippen MR) is 117 cm³/mol. The van der Waals surface area contributed by atoms with Gasteiger partial charge in [0.05, 0.1) is 12.2 Å². The second-order valence-corrected chi connectivity index (χ2v) is 9.80. The number of nitrogens with one attached hydrogen (secondary N) is 1. The highest BCUT2D eigenvalue weighted by Crippen LogP contribution is 2.39. The number of rotatable bonds is 5. The van der Waals surface area contributed by atoms with Crippen LogP contribution < -0.4 is 9.62 Å². The lowest BCUT2D eigenvalue weighted by molar-refractivity contribution is 0.104. The molecule has 0 atom stereocenters. The van der Waals surface area contributed by atoms with Gasteiger partial charge in [-0.05, 0) is 46.8 Å². The smallest absolute Gasteiger partial charge is 0.270 e.